The van der Waals surface area contributed by atoms with Gasteiger partial charge in [0.1, 0.15) is 11.7 Å². The zero-order chi connectivity index (χ0) is 14.3. The zero-order valence-corrected chi connectivity index (χ0v) is 12.1. The molecule has 0 fully saturated rings. The van der Waals surface area contributed by atoms with Crippen molar-refractivity contribution in [2.75, 3.05) is 0 Å². The van der Waals surface area contributed by atoms with E-state index in [0.717, 1.165) is 22.6 Å². The van der Waals surface area contributed by atoms with Gasteiger partial charge in [0.2, 0.25) is 0 Å². The minimum atomic E-state index is -0.165. The Morgan fingerprint density at radius 2 is 2.20 bits per heavy atom. The summed E-state index contributed by atoms with van der Waals surface area (Å²) in [7, 11) is 0. The molecule has 0 atom stereocenters. The number of H-pyrrole nitrogens is 1. The molecule has 0 bridgehead atoms. The van der Waals surface area contributed by atoms with E-state index in [-0.39, 0.29) is 5.56 Å². The summed E-state index contributed by atoms with van der Waals surface area (Å²) in [5.74, 6) is 0. The summed E-state index contributed by atoms with van der Waals surface area (Å²) >= 11 is 3.22. The summed E-state index contributed by atoms with van der Waals surface area (Å²) in [6.07, 6.45) is 3.56. The molecule has 0 aliphatic rings. The lowest BCUT2D eigenvalue weighted by Gasteiger charge is -2.02. The minimum Gasteiger partial charge on any atom is -0.325 e. The van der Waals surface area contributed by atoms with Gasteiger partial charge in [0.15, 0.2) is 0 Å². The Morgan fingerprint density at radius 1 is 1.40 bits per heavy atom. The molecule has 6 heteroatoms. The molecule has 0 saturated heterocycles. The highest BCUT2D eigenvalue weighted by atomic mass is 79.9. The number of rotatable bonds is 1. The third kappa shape index (κ3) is 2.02. The van der Waals surface area contributed by atoms with Gasteiger partial charge in [0.25, 0.3) is 5.56 Å². The number of aryl methyl sites for hydroxylation is 1. The van der Waals surface area contributed by atoms with Crippen molar-refractivity contribution < 1.29 is 0 Å². The third-order valence-electron chi connectivity index (χ3n) is 3.05. The van der Waals surface area contributed by atoms with Crippen molar-refractivity contribution in [1.82, 2.24) is 14.4 Å². The molecule has 0 amide bonds. The predicted octanol–water partition coefficient (Wildman–Crippen LogP) is 2.63. The van der Waals surface area contributed by atoms with E-state index >= 15 is 0 Å². The second-order valence-electron chi connectivity index (χ2n) is 4.41. The van der Waals surface area contributed by atoms with Crippen molar-refractivity contribution in [3.63, 3.8) is 0 Å². The van der Waals surface area contributed by atoms with Gasteiger partial charge in [0.05, 0.1) is 15.7 Å². The van der Waals surface area contributed by atoms with Gasteiger partial charge in [0, 0.05) is 23.7 Å². The van der Waals surface area contributed by atoms with E-state index in [4.69, 9.17) is 5.26 Å². The Bertz CT molecular complexity index is 917. The van der Waals surface area contributed by atoms with Gasteiger partial charge >= 0.3 is 0 Å². The lowest BCUT2D eigenvalue weighted by Crippen LogP contribution is -2.08. The van der Waals surface area contributed by atoms with Crippen LogP contribution in [0.2, 0.25) is 0 Å². The molecule has 98 valence electrons. The maximum absolute atomic E-state index is 11.5. The molecular weight excluding hydrogens is 320 g/mol. The predicted molar refractivity (Wildman–Crippen MR) is 78.4 cm³/mol. The van der Waals surface area contributed by atoms with Crippen LogP contribution in [-0.4, -0.2) is 14.4 Å². The second kappa shape index (κ2) is 4.62. The standard InChI is InChI=1S/C14H9BrN4O/c1-8-10(4-11(15)14(20)17-8)12-7-19-6-9(5-16)2-3-13(19)18-12/h2-4,6-7H,1H3,(H,17,20). The largest absolute Gasteiger partial charge is 0.325 e. The van der Waals surface area contributed by atoms with Crippen LogP contribution in [0.4, 0.5) is 0 Å². The molecule has 0 radical (unpaired) electrons. The number of aromatic nitrogens is 3. The molecule has 0 aliphatic carbocycles. The quantitative estimate of drug-likeness (QED) is 0.746. The average Bonchev–Trinajstić information content (AvgIpc) is 2.85. The summed E-state index contributed by atoms with van der Waals surface area (Å²) in [5, 5.41) is 8.90. The van der Waals surface area contributed by atoms with Crippen LogP contribution in [0.15, 0.2) is 39.9 Å². The number of hydrogen-bond donors (Lipinski definition) is 1. The van der Waals surface area contributed by atoms with E-state index in [2.05, 4.69) is 32.0 Å². The second-order valence-corrected chi connectivity index (χ2v) is 5.26. The number of fused-ring (bicyclic) bond motifs is 1. The summed E-state index contributed by atoms with van der Waals surface area (Å²) < 4.78 is 2.26. The van der Waals surface area contributed by atoms with Crippen molar-refractivity contribution in [3.05, 3.63) is 56.7 Å². The number of hydrogen-bond acceptors (Lipinski definition) is 3. The third-order valence-corrected chi connectivity index (χ3v) is 3.64. The van der Waals surface area contributed by atoms with E-state index in [9.17, 15) is 4.79 Å². The lowest BCUT2D eigenvalue weighted by atomic mass is 10.1. The first-order valence-corrected chi connectivity index (χ1v) is 6.66. The molecule has 3 heterocycles. The molecule has 3 aromatic heterocycles. The number of nitrogens with zero attached hydrogens (tertiary/aromatic N) is 3. The van der Waals surface area contributed by atoms with Crippen LogP contribution in [0.25, 0.3) is 16.9 Å². The normalized spacial score (nSPS) is 10.7. The van der Waals surface area contributed by atoms with E-state index in [1.54, 1.807) is 28.8 Å². The monoisotopic (exact) mass is 328 g/mol. The first-order valence-electron chi connectivity index (χ1n) is 5.87. The van der Waals surface area contributed by atoms with Gasteiger partial charge in [-0.05, 0) is 41.1 Å². The summed E-state index contributed by atoms with van der Waals surface area (Å²) in [6, 6.07) is 7.36. The van der Waals surface area contributed by atoms with E-state index < -0.39 is 0 Å². The first kappa shape index (κ1) is 12.6. The summed E-state index contributed by atoms with van der Waals surface area (Å²) in [6.45, 7) is 1.83. The van der Waals surface area contributed by atoms with E-state index in [1.807, 2.05) is 13.1 Å². The van der Waals surface area contributed by atoms with Crippen LogP contribution >= 0.6 is 15.9 Å². The van der Waals surface area contributed by atoms with Crippen LogP contribution < -0.4 is 5.56 Å². The Labute approximate surface area is 122 Å². The maximum atomic E-state index is 11.5. The van der Waals surface area contributed by atoms with Crippen LogP contribution in [0.5, 0.6) is 0 Å². The average molecular weight is 329 g/mol. The molecular formula is C14H9BrN4O. The number of aromatic amines is 1. The van der Waals surface area contributed by atoms with Crippen LogP contribution in [0.1, 0.15) is 11.3 Å². The molecule has 0 saturated carbocycles. The first-order chi connectivity index (χ1) is 9.58. The van der Waals surface area contributed by atoms with Gasteiger partial charge in [-0.25, -0.2) is 4.98 Å². The van der Waals surface area contributed by atoms with Gasteiger partial charge in [-0.2, -0.15) is 5.26 Å². The van der Waals surface area contributed by atoms with Gasteiger partial charge in [-0.15, -0.1) is 0 Å². The molecule has 0 aliphatic heterocycles. The molecule has 3 aromatic rings. The molecule has 5 nitrogen and oxygen atoms in total. The van der Waals surface area contributed by atoms with Crippen LogP contribution in [0.3, 0.4) is 0 Å². The van der Waals surface area contributed by atoms with Crippen molar-refractivity contribution in [3.8, 4) is 17.3 Å². The molecule has 0 unspecified atom stereocenters. The van der Waals surface area contributed by atoms with Gasteiger partial charge in [-0.1, -0.05) is 0 Å². The van der Waals surface area contributed by atoms with Gasteiger partial charge in [-0.3, -0.25) is 4.79 Å². The van der Waals surface area contributed by atoms with Crippen molar-refractivity contribution in [2.45, 2.75) is 6.92 Å². The minimum absolute atomic E-state index is 0.165. The Kier molecular flexibility index (Phi) is 2.92. The number of imidazole rings is 1. The molecule has 0 spiro atoms. The highest BCUT2D eigenvalue weighted by molar-refractivity contribution is 9.10. The number of pyridine rings is 2. The number of nitriles is 1. The fraction of sp³-hybridized carbons (Fsp3) is 0.0714. The Hall–Kier alpha value is -2.39. The SMILES string of the molecule is Cc1[nH]c(=O)c(Br)cc1-c1cn2cc(C#N)ccc2n1. The fourth-order valence-electron chi connectivity index (χ4n) is 2.05. The Morgan fingerprint density at radius 3 is 2.95 bits per heavy atom. The highest BCUT2D eigenvalue weighted by Crippen LogP contribution is 2.23. The molecule has 1 N–H and O–H groups in total. The molecule has 0 aromatic carbocycles. The highest BCUT2D eigenvalue weighted by Gasteiger charge is 2.10. The maximum Gasteiger partial charge on any atom is 0.262 e. The van der Waals surface area contributed by atoms with E-state index in [1.165, 1.54) is 0 Å². The van der Waals surface area contributed by atoms with Crippen molar-refractivity contribution >= 4 is 21.6 Å². The van der Waals surface area contributed by atoms with Crippen molar-refractivity contribution in [2.24, 2.45) is 0 Å². The zero-order valence-electron chi connectivity index (χ0n) is 10.5. The van der Waals surface area contributed by atoms with Crippen molar-refractivity contribution in [1.29, 1.82) is 5.26 Å². The number of nitrogens with one attached hydrogen (secondary N) is 1. The van der Waals surface area contributed by atoms with Crippen LogP contribution in [-0.2, 0) is 0 Å². The molecule has 3 rings (SSSR count). The van der Waals surface area contributed by atoms with Gasteiger partial charge < -0.3 is 9.38 Å². The van der Waals surface area contributed by atoms with E-state index in [0.29, 0.717) is 10.0 Å². The van der Waals surface area contributed by atoms with Crippen LogP contribution in [0, 0.1) is 18.3 Å². The number of halogens is 1. The fourth-order valence-corrected chi connectivity index (χ4v) is 2.38. The Balaban J connectivity index is 2.23. The topological polar surface area (TPSA) is 73.9 Å². The summed E-state index contributed by atoms with van der Waals surface area (Å²) in [4.78, 5) is 18.8. The molecule has 20 heavy (non-hydrogen) atoms. The lowest BCUT2D eigenvalue weighted by molar-refractivity contribution is 1.13. The summed E-state index contributed by atoms with van der Waals surface area (Å²) in [5.41, 5.74) is 3.50. The smallest absolute Gasteiger partial charge is 0.262 e.